The molecule has 0 aliphatic carbocycles. The van der Waals surface area contributed by atoms with E-state index in [1.807, 2.05) is 31.2 Å². The van der Waals surface area contributed by atoms with Crippen molar-refractivity contribution in [2.75, 3.05) is 7.11 Å². The summed E-state index contributed by atoms with van der Waals surface area (Å²) in [5.74, 6) is 0.937. The van der Waals surface area contributed by atoms with Crippen LogP contribution in [0.5, 0.6) is 5.75 Å². The number of benzene rings is 1. The van der Waals surface area contributed by atoms with Gasteiger partial charge in [0, 0.05) is 6.20 Å². The first-order valence-electron chi connectivity index (χ1n) is 6.79. The third-order valence-corrected chi connectivity index (χ3v) is 3.27. The third-order valence-electron chi connectivity index (χ3n) is 3.27. The molecule has 0 aliphatic heterocycles. The summed E-state index contributed by atoms with van der Waals surface area (Å²) in [6.45, 7) is 2.26. The molecule has 0 radical (unpaired) electrons. The van der Waals surface area contributed by atoms with Crippen LogP contribution in [0.1, 0.15) is 21.7 Å². The maximum atomic E-state index is 11.7. The number of nitrogens with zero attached hydrogens (tertiary/aromatic N) is 3. The van der Waals surface area contributed by atoms with Crippen LogP contribution in [0, 0.1) is 6.92 Å². The Balaban J connectivity index is 1.87. The molecule has 0 saturated heterocycles. The minimum absolute atomic E-state index is 0.259. The summed E-state index contributed by atoms with van der Waals surface area (Å²) >= 11 is 0. The number of pyridine rings is 1. The number of esters is 1. The summed E-state index contributed by atoms with van der Waals surface area (Å²) in [4.78, 5) is 11.7. The summed E-state index contributed by atoms with van der Waals surface area (Å²) < 4.78 is 12.2. The first-order valence-corrected chi connectivity index (χ1v) is 6.79. The van der Waals surface area contributed by atoms with Crippen molar-refractivity contribution < 1.29 is 14.3 Å². The summed E-state index contributed by atoms with van der Waals surface area (Å²) in [5, 5.41) is 8.14. The Labute approximate surface area is 127 Å². The lowest BCUT2D eigenvalue weighted by atomic mass is 10.2. The molecule has 0 amide bonds. The maximum absolute atomic E-state index is 11.7. The molecule has 112 valence electrons. The van der Waals surface area contributed by atoms with Gasteiger partial charge in [-0.1, -0.05) is 12.1 Å². The van der Waals surface area contributed by atoms with Crippen LogP contribution in [0.4, 0.5) is 0 Å². The normalized spacial score (nSPS) is 10.6. The maximum Gasteiger partial charge on any atom is 0.341 e. The Morgan fingerprint density at radius 2 is 2.09 bits per heavy atom. The topological polar surface area (TPSA) is 65.7 Å². The van der Waals surface area contributed by atoms with Crippen molar-refractivity contribution in [1.29, 1.82) is 0 Å². The zero-order valence-electron chi connectivity index (χ0n) is 12.3. The molecule has 3 rings (SSSR count). The second-order valence-corrected chi connectivity index (χ2v) is 4.83. The summed E-state index contributed by atoms with van der Waals surface area (Å²) in [5.41, 5.74) is 1.95. The van der Waals surface area contributed by atoms with Gasteiger partial charge in [-0.15, -0.1) is 10.2 Å². The molecular formula is C16H15N3O3. The Morgan fingerprint density at radius 3 is 2.86 bits per heavy atom. The molecule has 0 fully saturated rings. The van der Waals surface area contributed by atoms with Crippen LogP contribution in [0.2, 0.25) is 0 Å². The Bertz CT molecular complexity index is 826. The van der Waals surface area contributed by atoms with E-state index in [4.69, 9.17) is 9.47 Å². The fourth-order valence-corrected chi connectivity index (χ4v) is 2.18. The standard InChI is InChI=1S/C16H15N3O3/c1-11-5-3-6-12(9-11)22-10-14-17-18-15-13(16(20)21-2)7-4-8-19(14)15/h3-9H,10H2,1-2H3. The van der Waals surface area contributed by atoms with Crippen LogP contribution in [0.15, 0.2) is 42.6 Å². The van der Waals surface area contributed by atoms with E-state index in [1.165, 1.54) is 7.11 Å². The number of hydrogen-bond acceptors (Lipinski definition) is 5. The number of carbonyl (C=O) groups is 1. The number of aromatic nitrogens is 3. The predicted molar refractivity (Wildman–Crippen MR) is 79.8 cm³/mol. The molecule has 2 aromatic heterocycles. The van der Waals surface area contributed by atoms with Gasteiger partial charge < -0.3 is 9.47 Å². The number of methoxy groups -OCH3 is 1. The van der Waals surface area contributed by atoms with Gasteiger partial charge in [-0.2, -0.15) is 0 Å². The second-order valence-electron chi connectivity index (χ2n) is 4.83. The monoisotopic (exact) mass is 297 g/mol. The largest absolute Gasteiger partial charge is 0.486 e. The second kappa shape index (κ2) is 5.85. The number of rotatable bonds is 4. The third kappa shape index (κ3) is 2.63. The highest BCUT2D eigenvalue weighted by Crippen LogP contribution is 2.16. The van der Waals surface area contributed by atoms with Crippen molar-refractivity contribution in [1.82, 2.24) is 14.6 Å². The Hall–Kier alpha value is -2.89. The molecule has 0 aliphatic rings. The average Bonchev–Trinajstić information content (AvgIpc) is 2.95. The zero-order valence-corrected chi connectivity index (χ0v) is 12.3. The molecule has 0 bridgehead atoms. The molecule has 2 heterocycles. The quantitative estimate of drug-likeness (QED) is 0.692. The van der Waals surface area contributed by atoms with Gasteiger partial charge in [0.2, 0.25) is 0 Å². The van der Waals surface area contributed by atoms with Gasteiger partial charge in [0.15, 0.2) is 11.5 Å². The predicted octanol–water partition coefficient (Wildman–Crippen LogP) is 2.40. The molecule has 3 aromatic rings. The molecule has 22 heavy (non-hydrogen) atoms. The summed E-state index contributed by atoms with van der Waals surface area (Å²) in [6.07, 6.45) is 1.79. The minimum atomic E-state index is -0.441. The van der Waals surface area contributed by atoms with Crippen LogP contribution in [0.3, 0.4) is 0 Å². The van der Waals surface area contributed by atoms with Crippen molar-refractivity contribution >= 4 is 11.6 Å². The van der Waals surface area contributed by atoms with E-state index >= 15 is 0 Å². The fourth-order valence-electron chi connectivity index (χ4n) is 2.18. The zero-order chi connectivity index (χ0) is 15.5. The van der Waals surface area contributed by atoms with Gasteiger partial charge in [0.25, 0.3) is 0 Å². The molecule has 0 atom stereocenters. The highest BCUT2D eigenvalue weighted by atomic mass is 16.5. The lowest BCUT2D eigenvalue weighted by Gasteiger charge is -2.06. The van der Waals surface area contributed by atoms with E-state index < -0.39 is 5.97 Å². The van der Waals surface area contributed by atoms with Crippen molar-refractivity contribution in [2.24, 2.45) is 0 Å². The van der Waals surface area contributed by atoms with Gasteiger partial charge >= 0.3 is 5.97 Å². The number of ether oxygens (including phenoxy) is 2. The molecule has 0 spiro atoms. The number of carbonyl (C=O) groups excluding carboxylic acids is 1. The molecule has 0 N–H and O–H groups in total. The first-order chi connectivity index (χ1) is 10.7. The highest BCUT2D eigenvalue weighted by molar-refractivity contribution is 5.95. The van der Waals surface area contributed by atoms with Crippen LogP contribution in [-0.4, -0.2) is 27.7 Å². The number of hydrogen-bond donors (Lipinski definition) is 0. The van der Waals surface area contributed by atoms with Crippen LogP contribution in [0.25, 0.3) is 5.65 Å². The molecule has 0 unspecified atom stereocenters. The van der Waals surface area contributed by atoms with E-state index in [1.54, 1.807) is 22.7 Å². The van der Waals surface area contributed by atoms with Gasteiger partial charge in [-0.05, 0) is 36.8 Å². The average molecular weight is 297 g/mol. The van der Waals surface area contributed by atoms with E-state index in [9.17, 15) is 4.79 Å². The summed E-state index contributed by atoms with van der Waals surface area (Å²) in [7, 11) is 1.34. The van der Waals surface area contributed by atoms with Crippen LogP contribution < -0.4 is 4.74 Å². The molecular weight excluding hydrogens is 282 g/mol. The molecule has 0 saturated carbocycles. The van der Waals surface area contributed by atoms with E-state index in [2.05, 4.69) is 10.2 Å². The van der Waals surface area contributed by atoms with Gasteiger partial charge in [0.1, 0.15) is 17.9 Å². The SMILES string of the molecule is COC(=O)c1cccn2c(COc3cccc(C)c3)nnc12. The van der Waals surface area contributed by atoms with Crippen LogP contribution in [-0.2, 0) is 11.3 Å². The van der Waals surface area contributed by atoms with Crippen molar-refractivity contribution in [3.05, 3.63) is 59.5 Å². The van der Waals surface area contributed by atoms with Gasteiger partial charge in [0.05, 0.1) is 7.11 Å². The van der Waals surface area contributed by atoms with Gasteiger partial charge in [-0.25, -0.2) is 4.79 Å². The molecule has 6 heteroatoms. The van der Waals surface area contributed by atoms with E-state index in [0.29, 0.717) is 17.0 Å². The smallest absolute Gasteiger partial charge is 0.341 e. The fraction of sp³-hybridized carbons (Fsp3) is 0.188. The number of aryl methyl sites for hydroxylation is 1. The summed E-state index contributed by atoms with van der Waals surface area (Å²) in [6, 6.07) is 11.2. The van der Waals surface area contributed by atoms with E-state index in [-0.39, 0.29) is 6.61 Å². The van der Waals surface area contributed by atoms with Crippen molar-refractivity contribution in [2.45, 2.75) is 13.5 Å². The first kappa shape index (κ1) is 14.1. The molecule has 6 nitrogen and oxygen atoms in total. The van der Waals surface area contributed by atoms with Crippen molar-refractivity contribution in [3.8, 4) is 5.75 Å². The van der Waals surface area contributed by atoms with E-state index in [0.717, 1.165) is 11.3 Å². The Kier molecular flexibility index (Phi) is 3.74. The lowest BCUT2D eigenvalue weighted by Crippen LogP contribution is -2.06. The van der Waals surface area contributed by atoms with Crippen LogP contribution >= 0.6 is 0 Å². The van der Waals surface area contributed by atoms with Gasteiger partial charge in [-0.3, -0.25) is 4.40 Å². The van der Waals surface area contributed by atoms with Crippen molar-refractivity contribution in [3.63, 3.8) is 0 Å². The highest BCUT2D eigenvalue weighted by Gasteiger charge is 2.15. The Morgan fingerprint density at radius 1 is 1.23 bits per heavy atom. The minimum Gasteiger partial charge on any atom is -0.486 e. The molecule has 1 aromatic carbocycles. The number of fused-ring (bicyclic) bond motifs is 1. The lowest BCUT2D eigenvalue weighted by molar-refractivity contribution is 0.0602.